The molecule has 0 unspecified atom stereocenters. The number of ether oxygens (including phenoxy) is 3. The molecule has 0 N–H and O–H groups in total. The van der Waals surface area contributed by atoms with E-state index in [4.69, 9.17) is 14.2 Å². The summed E-state index contributed by atoms with van der Waals surface area (Å²) in [4.78, 5) is 37.8. The van der Waals surface area contributed by atoms with E-state index < -0.39 is 6.10 Å². The molecule has 0 aliphatic carbocycles. The van der Waals surface area contributed by atoms with Gasteiger partial charge in [-0.2, -0.15) is 0 Å². The van der Waals surface area contributed by atoms with E-state index in [1.165, 1.54) is 161 Å². The highest BCUT2D eigenvalue weighted by Gasteiger charge is 2.19. The van der Waals surface area contributed by atoms with E-state index in [0.29, 0.717) is 19.3 Å². The van der Waals surface area contributed by atoms with Crippen molar-refractivity contribution in [3.8, 4) is 0 Å². The minimum atomic E-state index is -0.761. The van der Waals surface area contributed by atoms with Crippen molar-refractivity contribution in [2.75, 3.05) is 13.2 Å². The summed E-state index contributed by atoms with van der Waals surface area (Å²) in [6.07, 6.45) is 42.4. The molecule has 0 amide bonds. The molecule has 0 saturated carbocycles. The monoisotopic (exact) mass is 793 g/mol. The van der Waals surface area contributed by atoms with Gasteiger partial charge >= 0.3 is 17.9 Å². The summed E-state index contributed by atoms with van der Waals surface area (Å²) in [5.74, 6) is 0.747. The molecule has 0 aromatic heterocycles. The quantitative estimate of drug-likeness (QED) is 0.0347. The summed E-state index contributed by atoms with van der Waals surface area (Å²) < 4.78 is 16.7. The standard InChI is InChI=1S/C50H96O6/c1-6-7-8-9-10-11-12-18-21-24-30-35-40-48(51)54-43-47(56-50(53)42-37-32-27-26-29-34-39-46(4)5)44-55-49(52)41-36-31-25-22-19-16-14-13-15-17-20-23-28-33-38-45(2)3/h45-47H,6-44H2,1-5H3/t47-/m0/s1. The molecule has 1 atom stereocenters. The van der Waals surface area contributed by atoms with Crippen LogP contribution in [0.4, 0.5) is 0 Å². The Balaban J connectivity index is 4.24. The van der Waals surface area contributed by atoms with E-state index in [2.05, 4.69) is 34.6 Å². The Morgan fingerprint density at radius 3 is 0.875 bits per heavy atom. The van der Waals surface area contributed by atoms with E-state index in [-0.39, 0.29) is 31.1 Å². The number of carbonyl (C=O) groups excluding carboxylic acids is 3. The zero-order valence-electron chi connectivity index (χ0n) is 38.3. The van der Waals surface area contributed by atoms with Gasteiger partial charge in [-0.25, -0.2) is 0 Å². The third-order valence-electron chi connectivity index (χ3n) is 11.2. The topological polar surface area (TPSA) is 78.9 Å². The van der Waals surface area contributed by atoms with Gasteiger partial charge in [0.2, 0.25) is 0 Å². The fraction of sp³-hybridized carbons (Fsp3) is 0.940. The van der Waals surface area contributed by atoms with Gasteiger partial charge in [0.1, 0.15) is 13.2 Å². The first-order chi connectivity index (χ1) is 27.2. The zero-order chi connectivity index (χ0) is 41.2. The second-order valence-electron chi connectivity index (χ2n) is 18.1. The number of hydrogen-bond acceptors (Lipinski definition) is 6. The Kier molecular flexibility index (Phi) is 41.8. The second-order valence-corrected chi connectivity index (χ2v) is 18.1. The van der Waals surface area contributed by atoms with Gasteiger partial charge < -0.3 is 14.2 Å². The highest BCUT2D eigenvalue weighted by molar-refractivity contribution is 5.71. The average Bonchev–Trinajstić information content (AvgIpc) is 3.16. The van der Waals surface area contributed by atoms with Crippen molar-refractivity contribution in [3.05, 3.63) is 0 Å². The predicted octanol–water partition coefficient (Wildman–Crippen LogP) is 15.8. The molecular formula is C50H96O6. The van der Waals surface area contributed by atoms with Crippen LogP contribution in [0.3, 0.4) is 0 Å². The predicted molar refractivity (Wildman–Crippen MR) is 238 cm³/mol. The van der Waals surface area contributed by atoms with E-state index >= 15 is 0 Å². The maximum atomic E-state index is 12.7. The van der Waals surface area contributed by atoms with Crippen LogP contribution < -0.4 is 0 Å². The largest absolute Gasteiger partial charge is 0.462 e. The Labute approximate surface area is 348 Å². The fourth-order valence-electron chi connectivity index (χ4n) is 7.46. The van der Waals surface area contributed by atoms with Crippen LogP contribution in [0.5, 0.6) is 0 Å². The molecule has 0 saturated heterocycles. The van der Waals surface area contributed by atoms with Crippen molar-refractivity contribution in [2.24, 2.45) is 11.8 Å². The fourth-order valence-corrected chi connectivity index (χ4v) is 7.46. The second kappa shape index (κ2) is 43.0. The van der Waals surface area contributed by atoms with Crippen LogP contribution >= 0.6 is 0 Å². The van der Waals surface area contributed by atoms with Crippen molar-refractivity contribution in [1.29, 1.82) is 0 Å². The van der Waals surface area contributed by atoms with Crippen LogP contribution in [0, 0.1) is 11.8 Å². The van der Waals surface area contributed by atoms with Crippen LogP contribution in [-0.2, 0) is 28.6 Å². The van der Waals surface area contributed by atoms with E-state index in [1.54, 1.807) is 0 Å². The van der Waals surface area contributed by atoms with Gasteiger partial charge in [-0.05, 0) is 31.1 Å². The third-order valence-corrected chi connectivity index (χ3v) is 11.2. The van der Waals surface area contributed by atoms with Crippen LogP contribution in [0.2, 0.25) is 0 Å². The molecule has 0 aromatic carbocycles. The summed E-state index contributed by atoms with van der Waals surface area (Å²) in [7, 11) is 0. The molecule has 0 aliphatic heterocycles. The number of rotatable bonds is 44. The van der Waals surface area contributed by atoms with Crippen molar-refractivity contribution in [2.45, 2.75) is 278 Å². The normalized spacial score (nSPS) is 12.1. The van der Waals surface area contributed by atoms with Crippen LogP contribution in [0.25, 0.3) is 0 Å². The molecule has 0 aromatic rings. The molecule has 0 spiro atoms. The molecular weight excluding hydrogens is 697 g/mol. The van der Waals surface area contributed by atoms with Crippen LogP contribution in [0.15, 0.2) is 0 Å². The number of unbranched alkanes of at least 4 members (excludes halogenated alkanes) is 29. The highest BCUT2D eigenvalue weighted by atomic mass is 16.6. The highest BCUT2D eigenvalue weighted by Crippen LogP contribution is 2.17. The minimum Gasteiger partial charge on any atom is -0.462 e. The first-order valence-electron chi connectivity index (χ1n) is 24.7. The van der Waals surface area contributed by atoms with Crippen molar-refractivity contribution in [3.63, 3.8) is 0 Å². The SMILES string of the molecule is CCCCCCCCCCCCCCC(=O)OC[C@@H](COC(=O)CCCCCCCCCCCCCCCCC(C)C)OC(=O)CCCCCCCCC(C)C. The zero-order valence-corrected chi connectivity index (χ0v) is 38.3. The van der Waals surface area contributed by atoms with E-state index in [9.17, 15) is 14.4 Å². The molecule has 6 nitrogen and oxygen atoms in total. The maximum absolute atomic E-state index is 12.7. The van der Waals surface area contributed by atoms with Crippen LogP contribution in [-0.4, -0.2) is 37.2 Å². The van der Waals surface area contributed by atoms with Gasteiger partial charge in [0.25, 0.3) is 0 Å². The number of carbonyl (C=O) groups is 3. The molecule has 0 fully saturated rings. The molecule has 6 heteroatoms. The lowest BCUT2D eigenvalue weighted by Crippen LogP contribution is -2.30. The summed E-state index contributed by atoms with van der Waals surface area (Å²) in [6, 6.07) is 0. The molecule has 56 heavy (non-hydrogen) atoms. The maximum Gasteiger partial charge on any atom is 0.306 e. The summed E-state index contributed by atoms with van der Waals surface area (Å²) >= 11 is 0. The molecule has 0 rings (SSSR count). The van der Waals surface area contributed by atoms with Gasteiger partial charge in [-0.3, -0.25) is 14.4 Å². The van der Waals surface area contributed by atoms with Crippen LogP contribution in [0.1, 0.15) is 272 Å². The molecule has 0 aliphatic rings. The Hall–Kier alpha value is -1.59. The Bertz CT molecular complexity index is 854. The molecule has 0 bridgehead atoms. The van der Waals surface area contributed by atoms with Crippen molar-refractivity contribution < 1.29 is 28.6 Å². The Morgan fingerprint density at radius 1 is 0.339 bits per heavy atom. The molecule has 0 radical (unpaired) electrons. The van der Waals surface area contributed by atoms with E-state index in [0.717, 1.165) is 69.6 Å². The first kappa shape index (κ1) is 54.4. The van der Waals surface area contributed by atoms with Gasteiger partial charge in [0, 0.05) is 19.3 Å². The molecule has 0 heterocycles. The third kappa shape index (κ3) is 43.5. The summed E-state index contributed by atoms with van der Waals surface area (Å²) in [5, 5.41) is 0. The average molecular weight is 793 g/mol. The minimum absolute atomic E-state index is 0.0650. The number of hydrogen-bond donors (Lipinski definition) is 0. The molecule has 332 valence electrons. The lowest BCUT2D eigenvalue weighted by Gasteiger charge is -2.18. The summed E-state index contributed by atoms with van der Waals surface area (Å²) in [5.41, 5.74) is 0. The van der Waals surface area contributed by atoms with Crippen molar-refractivity contribution in [1.82, 2.24) is 0 Å². The van der Waals surface area contributed by atoms with Gasteiger partial charge in [0.15, 0.2) is 6.10 Å². The van der Waals surface area contributed by atoms with Crippen molar-refractivity contribution >= 4 is 17.9 Å². The van der Waals surface area contributed by atoms with Gasteiger partial charge in [-0.1, -0.05) is 234 Å². The first-order valence-corrected chi connectivity index (χ1v) is 24.7. The van der Waals surface area contributed by atoms with Gasteiger partial charge in [0.05, 0.1) is 0 Å². The number of esters is 3. The Morgan fingerprint density at radius 2 is 0.589 bits per heavy atom. The lowest BCUT2D eigenvalue weighted by atomic mass is 10.0. The van der Waals surface area contributed by atoms with E-state index in [1.807, 2.05) is 0 Å². The van der Waals surface area contributed by atoms with Gasteiger partial charge in [-0.15, -0.1) is 0 Å². The lowest BCUT2D eigenvalue weighted by molar-refractivity contribution is -0.167. The summed E-state index contributed by atoms with van der Waals surface area (Å²) in [6.45, 7) is 11.3. The smallest absolute Gasteiger partial charge is 0.306 e.